The van der Waals surface area contributed by atoms with Crippen molar-refractivity contribution >= 4 is 27.5 Å². The summed E-state index contributed by atoms with van der Waals surface area (Å²) < 4.78 is 69.8. The second-order valence-electron chi connectivity index (χ2n) is 6.46. The molecule has 2 heterocycles. The fourth-order valence-corrected chi connectivity index (χ4v) is 5.34. The topological polar surface area (TPSA) is 130 Å². The van der Waals surface area contributed by atoms with E-state index < -0.39 is 28.1 Å². The molecule has 2 aromatic heterocycles. The molecule has 0 bridgehead atoms. The van der Waals surface area contributed by atoms with Gasteiger partial charge in [-0.2, -0.15) is 13.2 Å². The van der Waals surface area contributed by atoms with Crippen LogP contribution in [0.15, 0.2) is 57.3 Å². The van der Waals surface area contributed by atoms with Gasteiger partial charge in [0.1, 0.15) is 9.90 Å². The van der Waals surface area contributed by atoms with Crippen LogP contribution in [-0.2, 0) is 16.2 Å². The van der Waals surface area contributed by atoms with Gasteiger partial charge in [-0.1, -0.05) is 35.5 Å². The summed E-state index contributed by atoms with van der Waals surface area (Å²) in [5.74, 6) is -1.09. The van der Waals surface area contributed by atoms with Gasteiger partial charge in [0.15, 0.2) is 0 Å². The van der Waals surface area contributed by atoms with Crippen LogP contribution < -0.4 is 4.72 Å². The number of benzene rings is 1. The summed E-state index contributed by atoms with van der Waals surface area (Å²) in [4.78, 5) is 8.84. The molecular formula is C18H15F3N2O6S2. The average molecular weight is 476 g/mol. The average Bonchev–Trinajstić information content (AvgIpc) is 3.10. The number of alkyl halides is 3. The number of thiophene rings is 1. The van der Waals surface area contributed by atoms with E-state index in [0.717, 1.165) is 23.0 Å². The molecule has 0 aliphatic heterocycles. The molecule has 166 valence electrons. The number of carbonyl (C=O) groups is 1. The number of nitrogens with one attached hydrogen (secondary N) is 1. The van der Waals surface area contributed by atoms with Gasteiger partial charge in [-0.25, -0.2) is 17.9 Å². The number of hydrogen-bond donors (Lipinski definition) is 3. The molecule has 1 saturated carbocycles. The Balaban J connectivity index is 0.000000628. The lowest BCUT2D eigenvalue weighted by Crippen LogP contribution is -2.26. The van der Waals surface area contributed by atoms with Crippen LogP contribution in [0.2, 0.25) is 0 Å². The molecule has 2 atom stereocenters. The highest BCUT2D eigenvalue weighted by atomic mass is 32.2. The van der Waals surface area contributed by atoms with E-state index in [4.69, 9.17) is 15.0 Å². The minimum absolute atomic E-state index is 0.0211. The van der Waals surface area contributed by atoms with Gasteiger partial charge >= 0.3 is 12.3 Å². The van der Waals surface area contributed by atoms with Gasteiger partial charge in [0.2, 0.25) is 15.8 Å². The van der Waals surface area contributed by atoms with Crippen LogP contribution in [0.1, 0.15) is 23.7 Å². The third-order valence-corrected chi connectivity index (χ3v) is 7.30. The summed E-state index contributed by atoms with van der Waals surface area (Å²) in [5, 5.41) is 17.3. The number of nitrogens with zero attached hydrogens (tertiary/aromatic N) is 1. The first kappa shape index (κ1) is 22.8. The number of hydrogen-bond acceptors (Lipinski definition) is 6. The fourth-order valence-electron chi connectivity index (χ4n) is 2.78. The molecule has 0 saturated heterocycles. The van der Waals surface area contributed by atoms with Crippen LogP contribution in [0.25, 0.3) is 10.6 Å². The van der Waals surface area contributed by atoms with Crippen LogP contribution in [-0.4, -0.2) is 36.0 Å². The highest BCUT2D eigenvalue weighted by Gasteiger charge is 2.41. The quantitative estimate of drug-likeness (QED) is 0.495. The maximum atomic E-state index is 12.6. The third kappa shape index (κ3) is 5.83. The van der Waals surface area contributed by atoms with E-state index in [0.29, 0.717) is 6.42 Å². The summed E-state index contributed by atoms with van der Waals surface area (Å²) in [5.41, 5.74) is 1.02. The van der Waals surface area contributed by atoms with E-state index in [-0.39, 0.29) is 26.7 Å². The number of aromatic nitrogens is 1. The van der Waals surface area contributed by atoms with Crippen molar-refractivity contribution in [1.82, 2.24) is 9.88 Å². The van der Waals surface area contributed by atoms with Gasteiger partial charge < -0.3 is 14.7 Å². The second kappa shape index (κ2) is 8.69. The molecule has 0 spiro atoms. The summed E-state index contributed by atoms with van der Waals surface area (Å²) in [6.07, 6.45) is -5.77. The monoisotopic (exact) mass is 476 g/mol. The largest absolute Gasteiger partial charge is 0.503 e. The lowest BCUT2D eigenvalue weighted by molar-refractivity contribution is -0.155. The van der Waals surface area contributed by atoms with E-state index in [1.54, 1.807) is 0 Å². The second-order valence-corrected chi connectivity index (χ2v) is 9.48. The van der Waals surface area contributed by atoms with Gasteiger partial charge in [-0.05, 0) is 24.1 Å². The Morgan fingerprint density at radius 3 is 2.39 bits per heavy atom. The smallest absolute Gasteiger partial charge is 0.450 e. The SMILES string of the molecule is O=C(O)O.O=S(=O)(N[C@H]1C[C@@H]1c1ccccc1)c1ccc(-c2cc(C(F)(F)F)on2)s1. The van der Waals surface area contributed by atoms with Crippen LogP contribution in [0, 0.1) is 0 Å². The fraction of sp³-hybridized carbons (Fsp3) is 0.222. The van der Waals surface area contributed by atoms with E-state index in [9.17, 15) is 21.6 Å². The molecule has 1 aliphatic carbocycles. The first-order valence-electron chi connectivity index (χ1n) is 8.60. The van der Waals surface area contributed by atoms with Crippen LogP contribution in [0.4, 0.5) is 18.0 Å². The van der Waals surface area contributed by atoms with Crippen molar-refractivity contribution in [2.75, 3.05) is 0 Å². The van der Waals surface area contributed by atoms with Crippen molar-refractivity contribution < 1.29 is 41.1 Å². The van der Waals surface area contributed by atoms with Gasteiger partial charge in [-0.15, -0.1) is 11.3 Å². The summed E-state index contributed by atoms with van der Waals surface area (Å²) in [7, 11) is -3.76. The molecular weight excluding hydrogens is 461 g/mol. The molecule has 0 amide bonds. The first-order chi connectivity index (χ1) is 14.5. The van der Waals surface area contributed by atoms with E-state index in [2.05, 4.69) is 14.4 Å². The lowest BCUT2D eigenvalue weighted by Gasteiger charge is -2.04. The lowest BCUT2D eigenvalue weighted by atomic mass is 10.1. The molecule has 1 aromatic carbocycles. The van der Waals surface area contributed by atoms with Crippen LogP contribution in [0.3, 0.4) is 0 Å². The maximum absolute atomic E-state index is 12.6. The zero-order valence-electron chi connectivity index (χ0n) is 15.4. The Hall–Kier alpha value is -2.90. The Labute approximate surface area is 178 Å². The standard InChI is InChI=1S/C17H13F3N2O3S2.CH2O3/c18-17(19,20)15-9-13(21-25-15)14-6-7-16(26-14)27(23,24)22-12-8-11(12)10-4-2-1-3-5-10;2-1(3)4/h1-7,9,11-12,22H,8H2;(H2,2,3,4)/t11-,12+;/m1./s1. The van der Waals surface area contributed by atoms with Gasteiger partial charge in [-0.3, -0.25) is 0 Å². The van der Waals surface area contributed by atoms with Crippen molar-refractivity contribution in [3.63, 3.8) is 0 Å². The normalized spacial score (nSPS) is 18.2. The summed E-state index contributed by atoms with van der Waals surface area (Å²) in [6.45, 7) is 0. The van der Waals surface area contributed by atoms with Gasteiger partial charge in [0.25, 0.3) is 0 Å². The number of halogens is 3. The molecule has 8 nitrogen and oxygen atoms in total. The molecule has 3 N–H and O–H groups in total. The van der Waals surface area contributed by atoms with Crippen molar-refractivity contribution in [3.8, 4) is 10.6 Å². The van der Waals surface area contributed by atoms with Crippen LogP contribution in [0.5, 0.6) is 0 Å². The van der Waals surface area contributed by atoms with Crippen molar-refractivity contribution in [1.29, 1.82) is 0 Å². The maximum Gasteiger partial charge on any atom is 0.503 e. The number of sulfonamides is 1. The Bertz CT molecular complexity index is 1150. The molecule has 1 aliphatic rings. The van der Waals surface area contributed by atoms with Crippen molar-refractivity contribution in [3.05, 3.63) is 59.9 Å². The molecule has 31 heavy (non-hydrogen) atoms. The van der Waals surface area contributed by atoms with E-state index >= 15 is 0 Å². The predicted molar refractivity (Wildman–Crippen MR) is 103 cm³/mol. The zero-order chi connectivity index (χ0) is 22.8. The minimum Gasteiger partial charge on any atom is -0.450 e. The van der Waals surface area contributed by atoms with Gasteiger partial charge in [0, 0.05) is 18.0 Å². The summed E-state index contributed by atoms with van der Waals surface area (Å²) >= 11 is 0.843. The van der Waals surface area contributed by atoms with E-state index in [1.807, 2.05) is 30.3 Å². The Morgan fingerprint density at radius 2 is 1.81 bits per heavy atom. The number of rotatable bonds is 5. The molecule has 13 heteroatoms. The molecule has 1 fully saturated rings. The minimum atomic E-state index is -4.64. The molecule has 4 rings (SSSR count). The Kier molecular flexibility index (Phi) is 6.38. The zero-order valence-corrected chi connectivity index (χ0v) is 17.0. The van der Waals surface area contributed by atoms with Crippen LogP contribution >= 0.6 is 11.3 Å². The highest BCUT2D eigenvalue weighted by Crippen LogP contribution is 2.42. The third-order valence-electron chi connectivity index (χ3n) is 4.21. The van der Waals surface area contributed by atoms with Crippen molar-refractivity contribution in [2.45, 2.75) is 28.8 Å². The molecule has 3 aromatic rings. The predicted octanol–water partition coefficient (Wildman–Crippen LogP) is 4.48. The van der Waals surface area contributed by atoms with Gasteiger partial charge in [0.05, 0.1) is 4.88 Å². The first-order valence-corrected chi connectivity index (χ1v) is 10.9. The van der Waals surface area contributed by atoms with E-state index in [1.165, 1.54) is 12.1 Å². The molecule has 0 unspecified atom stereocenters. The number of carboxylic acid groups (broad SMARTS) is 2. The Morgan fingerprint density at radius 1 is 1.16 bits per heavy atom. The summed E-state index contributed by atoms with van der Waals surface area (Å²) in [6, 6.07) is 12.9. The van der Waals surface area contributed by atoms with Crippen molar-refractivity contribution in [2.24, 2.45) is 0 Å². The highest BCUT2D eigenvalue weighted by molar-refractivity contribution is 7.91. The molecule has 0 radical (unpaired) electrons.